The number of sulfonamides is 1. The molecule has 134 valence electrons. The predicted octanol–water partition coefficient (Wildman–Crippen LogP) is 3.84. The quantitative estimate of drug-likeness (QED) is 0.518. The van der Waals surface area contributed by atoms with Gasteiger partial charge in [0.1, 0.15) is 16.4 Å². The SMILES string of the molecule is C=C(C=C(C(=C)OC(C)=CC=CC)S(N)(=O)=O)CNc1ccccc1. The summed E-state index contributed by atoms with van der Waals surface area (Å²) in [4.78, 5) is -0.208. The largest absolute Gasteiger partial charge is 0.461 e. The lowest BCUT2D eigenvalue weighted by Gasteiger charge is -2.12. The van der Waals surface area contributed by atoms with Gasteiger partial charge in [0.05, 0.1) is 0 Å². The fourth-order valence-electron chi connectivity index (χ4n) is 1.84. The molecule has 0 fully saturated rings. The number of para-hydroxylation sites is 1. The van der Waals surface area contributed by atoms with Crippen LogP contribution in [0.15, 0.2) is 89.8 Å². The van der Waals surface area contributed by atoms with E-state index in [-0.39, 0.29) is 10.7 Å². The van der Waals surface area contributed by atoms with Gasteiger partial charge in [0.2, 0.25) is 10.0 Å². The number of allylic oxidation sites excluding steroid dienone is 4. The van der Waals surface area contributed by atoms with Crippen LogP contribution in [0.25, 0.3) is 0 Å². The molecule has 0 radical (unpaired) electrons. The number of benzene rings is 1. The average Bonchev–Trinajstić information content (AvgIpc) is 2.55. The van der Waals surface area contributed by atoms with Crippen molar-refractivity contribution < 1.29 is 13.2 Å². The second-order valence-electron chi connectivity index (χ2n) is 5.26. The zero-order chi connectivity index (χ0) is 18.9. The number of nitrogens with one attached hydrogen (secondary N) is 1. The molecule has 25 heavy (non-hydrogen) atoms. The van der Waals surface area contributed by atoms with E-state index in [9.17, 15) is 8.42 Å². The van der Waals surface area contributed by atoms with Crippen molar-refractivity contribution in [3.8, 4) is 0 Å². The molecule has 3 N–H and O–H groups in total. The second kappa shape index (κ2) is 9.66. The topological polar surface area (TPSA) is 81.4 Å². The highest BCUT2D eigenvalue weighted by Crippen LogP contribution is 2.19. The Hall–Kier alpha value is -2.57. The molecule has 0 atom stereocenters. The van der Waals surface area contributed by atoms with Crippen LogP contribution in [-0.4, -0.2) is 15.0 Å². The number of hydrogen-bond acceptors (Lipinski definition) is 4. The minimum absolute atomic E-state index is 0.0541. The zero-order valence-electron chi connectivity index (χ0n) is 14.5. The Kier molecular flexibility index (Phi) is 7.91. The molecule has 1 aromatic rings. The lowest BCUT2D eigenvalue weighted by molar-refractivity contribution is 0.321. The Balaban J connectivity index is 2.89. The average molecular weight is 360 g/mol. The standard InChI is InChI=1S/C19H24N2O3S/c1-5-6-10-16(3)24-17(4)19(25(20,22)23)13-15(2)14-21-18-11-8-7-9-12-18/h5-13,21H,2,4,14H2,1,3H3,(H2,20,22,23). The first-order chi connectivity index (χ1) is 11.7. The molecule has 0 aliphatic carbocycles. The number of hydrogen-bond donors (Lipinski definition) is 2. The smallest absolute Gasteiger partial charge is 0.241 e. The summed E-state index contributed by atoms with van der Waals surface area (Å²) in [6.07, 6.45) is 6.64. The van der Waals surface area contributed by atoms with Crippen molar-refractivity contribution in [2.75, 3.05) is 11.9 Å². The highest BCUT2D eigenvalue weighted by atomic mass is 32.2. The number of primary sulfonamides is 1. The van der Waals surface area contributed by atoms with E-state index in [1.807, 2.05) is 43.3 Å². The maximum absolute atomic E-state index is 11.9. The van der Waals surface area contributed by atoms with Crippen LogP contribution in [0.4, 0.5) is 5.69 Å². The summed E-state index contributed by atoms with van der Waals surface area (Å²) in [5.74, 6) is 0.437. The molecule has 0 bridgehead atoms. The van der Waals surface area contributed by atoms with E-state index < -0.39 is 10.0 Å². The molecular formula is C19H24N2O3S. The van der Waals surface area contributed by atoms with Gasteiger partial charge in [-0.15, -0.1) is 0 Å². The van der Waals surface area contributed by atoms with Crippen molar-refractivity contribution in [1.29, 1.82) is 0 Å². The van der Waals surface area contributed by atoms with Crippen LogP contribution in [0.3, 0.4) is 0 Å². The van der Waals surface area contributed by atoms with E-state index in [2.05, 4.69) is 18.5 Å². The highest BCUT2D eigenvalue weighted by Gasteiger charge is 2.18. The Morgan fingerprint density at radius 3 is 2.48 bits per heavy atom. The molecule has 0 heterocycles. The summed E-state index contributed by atoms with van der Waals surface area (Å²) in [6.45, 7) is 11.4. The minimum atomic E-state index is -4.01. The van der Waals surface area contributed by atoms with E-state index in [0.717, 1.165) is 5.69 Å². The molecule has 5 nitrogen and oxygen atoms in total. The van der Waals surface area contributed by atoms with Gasteiger partial charge in [-0.3, -0.25) is 0 Å². The first-order valence-corrected chi connectivity index (χ1v) is 9.16. The van der Waals surface area contributed by atoms with Crippen LogP contribution >= 0.6 is 0 Å². The monoisotopic (exact) mass is 360 g/mol. The summed E-state index contributed by atoms with van der Waals surface area (Å²) >= 11 is 0. The van der Waals surface area contributed by atoms with Gasteiger partial charge in [0, 0.05) is 12.2 Å². The van der Waals surface area contributed by atoms with Crippen molar-refractivity contribution in [2.24, 2.45) is 5.14 Å². The number of ether oxygens (including phenoxy) is 1. The lowest BCUT2D eigenvalue weighted by Crippen LogP contribution is -2.17. The summed E-state index contributed by atoms with van der Waals surface area (Å²) in [5.41, 5.74) is 1.42. The van der Waals surface area contributed by atoms with Crippen LogP contribution < -0.4 is 10.5 Å². The van der Waals surface area contributed by atoms with Gasteiger partial charge >= 0.3 is 0 Å². The van der Waals surface area contributed by atoms with Gasteiger partial charge in [0.15, 0.2) is 0 Å². The third-order valence-corrected chi connectivity index (χ3v) is 3.98. The molecule has 0 spiro atoms. The van der Waals surface area contributed by atoms with E-state index in [1.165, 1.54) is 6.08 Å². The van der Waals surface area contributed by atoms with Crippen LogP contribution in [0.2, 0.25) is 0 Å². The number of rotatable bonds is 9. The molecule has 6 heteroatoms. The molecule has 0 aromatic heterocycles. The van der Waals surface area contributed by atoms with Crippen LogP contribution in [0, 0.1) is 0 Å². The second-order valence-corrected chi connectivity index (χ2v) is 6.79. The van der Waals surface area contributed by atoms with E-state index in [1.54, 1.807) is 19.1 Å². The maximum atomic E-state index is 11.9. The van der Waals surface area contributed by atoms with Crippen LogP contribution in [0.1, 0.15) is 13.8 Å². The van der Waals surface area contributed by atoms with Crippen molar-refractivity contribution >= 4 is 15.7 Å². The highest BCUT2D eigenvalue weighted by molar-refractivity contribution is 7.93. The Morgan fingerprint density at radius 1 is 1.28 bits per heavy atom. The maximum Gasteiger partial charge on any atom is 0.241 e. The number of nitrogens with two attached hydrogens (primary N) is 1. The Bertz CT molecular complexity index is 804. The zero-order valence-corrected chi connectivity index (χ0v) is 15.3. The molecule has 0 aliphatic rings. The van der Waals surface area contributed by atoms with E-state index in [0.29, 0.717) is 17.9 Å². The third kappa shape index (κ3) is 7.69. The molecule has 1 aromatic carbocycles. The first-order valence-electron chi connectivity index (χ1n) is 7.62. The molecule has 0 saturated heterocycles. The summed E-state index contributed by atoms with van der Waals surface area (Å²) in [6, 6.07) is 9.49. The van der Waals surface area contributed by atoms with Gasteiger partial charge < -0.3 is 10.1 Å². The van der Waals surface area contributed by atoms with Gasteiger partial charge in [0.25, 0.3) is 0 Å². The Labute approximate surface area is 149 Å². The molecule has 0 amide bonds. The van der Waals surface area contributed by atoms with Gasteiger partial charge in [-0.05, 0) is 43.7 Å². The normalized spacial score (nSPS) is 12.9. The van der Waals surface area contributed by atoms with E-state index >= 15 is 0 Å². The number of anilines is 1. The molecule has 0 aliphatic heterocycles. The van der Waals surface area contributed by atoms with Crippen molar-refractivity contribution in [3.05, 3.63) is 89.8 Å². The first kappa shape index (κ1) is 20.5. The lowest BCUT2D eigenvalue weighted by atomic mass is 10.2. The van der Waals surface area contributed by atoms with Crippen LogP contribution in [-0.2, 0) is 14.8 Å². The summed E-state index contributed by atoms with van der Waals surface area (Å²) in [7, 11) is -4.01. The minimum Gasteiger partial charge on any atom is -0.461 e. The molecular weight excluding hydrogens is 336 g/mol. The Morgan fingerprint density at radius 2 is 1.92 bits per heavy atom. The van der Waals surface area contributed by atoms with Crippen molar-refractivity contribution in [3.63, 3.8) is 0 Å². The molecule has 1 rings (SSSR count). The van der Waals surface area contributed by atoms with Gasteiger partial charge in [-0.1, -0.05) is 43.5 Å². The molecule has 0 saturated carbocycles. The van der Waals surface area contributed by atoms with Gasteiger partial charge in [-0.2, -0.15) is 0 Å². The fourth-order valence-corrected chi connectivity index (χ4v) is 2.53. The van der Waals surface area contributed by atoms with Crippen molar-refractivity contribution in [2.45, 2.75) is 13.8 Å². The van der Waals surface area contributed by atoms with E-state index in [4.69, 9.17) is 9.88 Å². The van der Waals surface area contributed by atoms with Gasteiger partial charge in [-0.25, -0.2) is 13.6 Å². The predicted molar refractivity (Wildman–Crippen MR) is 104 cm³/mol. The van der Waals surface area contributed by atoms with Crippen LogP contribution in [0.5, 0.6) is 0 Å². The third-order valence-electron chi connectivity index (χ3n) is 3.02. The molecule has 0 unspecified atom stereocenters. The fraction of sp³-hybridized carbons (Fsp3) is 0.158. The summed E-state index contributed by atoms with van der Waals surface area (Å²) < 4.78 is 29.1. The van der Waals surface area contributed by atoms with Crippen molar-refractivity contribution in [1.82, 2.24) is 0 Å². The summed E-state index contributed by atoms with van der Waals surface area (Å²) in [5, 5.41) is 8.42.